The van der Waals surface area contributed by atoms with Crippen molar-refractivity contribution >= 4 is 42.0 Å². The van der Waals surface area contributed by atoms with Gasteiger partial charge >= 0.3 is 17.9 Å². The van der Waals surface area contributed by atoms with Crippen molar-refractivity contribution in [2.75, 3.05) is 13.3 Å². The Morgan fingerprint density at radius 1 is 0.736 bits per heavy atom. The van der Waals surface area contributed by atoms with Gasteiger partial charge in [0.05, 0.1) is 42.8 Å². The van der Waals surface area contributed by atoms with Crippen LogP contribution >= 0.6 is 0 Å². The fourth-order valence-corrected chi connectivity index (χ4v) is 7.78. The number of benzene rings is 4. The molecule has 72 heavy (non-hydrogen) atoms. The lowest BCUT2D eigenvalue weighted by molar-refractivity contribution is -0.171. The van der Waals surface area contributed by atoms with Crippen molar-refractivity contribution in [1.29, 1.82) is 0 Å². The number of nitrogens with zero attached hydrogens (tertiary/aromatic N) is 2. The van der Waals surface area contributed by atoms with Crippen LogP contribution in [0.4, 0.5) is 0 Å². The first-order chi connectivity index (χ1) is 35.0. The van der Waals surface area contributed by atoms with Crippen LogP contribution in [-0.2, 0) is 46.7 Å². The maximum absolute atomic E-state index is 13.8. The first-order valence-electron chi connectivity index (χ1n) is 23.8. The summed E-state index contributed by atoms with van der Waals surface area (Å²) >= 11 is 0. The van der Waals surface area contributed by atoms with Crippen LogP contribution in [0.25, 0.3) is 17.0 Å². The molecule has 0 aliphatic rings. The third-order valence-corrected chi connectivity index (χ3v) is 11.5. The van der Waals surface area contributed by atoms with Crippen molar-refractivity contribution in [2.45, 2.75) is 84.6 Å². The van der Waals surface area contributed by atoms with E-state index in [-0.39, 0.29) is 61.3 Å². The number of nitrogens with one attached hydrogen (secondary N) is 3. The monoisotopic (exact) mass is 981 g/mol. The first kappa shape index (κ1) is 52.9. The Bertz CT molecular complexity index is 2740. The van der Waals surface area contributed by atoms with Crippen molar-refractivity contribution in [3.05, 3.63) is 168 Å². The maximum Gasteiger partial charge on any atom is 0.363 e. The Morgan fingerprint density at radius 2 is 1.44 bits per heavy atom. The second-order valence-electron chi connectivity index (χ2n) is 16.6. The molecule has 17 nitrogen and oxygen atoms in total. The van der Waals surface area contributed by atoms with Crippen LogP contribution in [-0.4, -0.2) is 77.0 Å². The fourth-order valence-electron chi connectivity index (χ4n) is 7.78. The van der Waals surface area contributed by atoms with Gasteiger partial charge in [-0.3, -0.25) is 24.0 Å². The van der Waals surface area contributed by atoms with E-state index in [0.29, 0.717) is 30.4 Å². The van der Waals surface area contributed by atoms with E-state index in [0.717, 1.165) is 29.2 Å². The van der Waals surface area contributed by atoms with Crippen LogP contribution in [0.3, 0.4) is 0 Å². The number of esters is 2. The average molecular weight is 982 g/mol. The molecule has 3 unspecified atom stereocenters. The molecule has 6 aromatic rings. The van der Waals surface area contributed by atoms with Crippen molar-refractivity contribution in [1.82, 2.24) is 25.6 Å². The molecule has 4 aromatic carbocycles. The Labute approximate surface area is 417 Å². The minimum atomic E-state index is -1.41. The van der Waals surface area contributed by atoms with Gasteiger partial charge in [0.15, 0.2) is 5.76 Å². The van der Waals surface area contributed by atoms with Gasteiger partial charge in [0, 0.05) is 23.6 Å². The van der Waals surface area contributed by atoms with Crippen LogP contribution in [0.2, 0.25) is 0 Å². The van der Waals surface area contributed by atoms with Crippen LogP contribution in [0.5, 0.6) is 5.75 Å². The number of hydrogen-bond acceptors (Lipinski definition) is 12. The zero-order valence-corrected chi connectivity index (χ0v) is 40.5. The summed E-state index contributed by atoms with van der Waals surface area (Å²) in [5.74, 6) is -4.65. The summed E-state index contributed by atoms with van der Waals surface area (Å²) < 4.78 is 24.5. The topological polar surface area (TPSA) is 214 Å². The third kappa shape index (κ3) is 15.0. The lowest BCUT2D eigenvalue weighted by atomic mass is 9.90. The van der Waals surface area contributed by atoms with Crippen LogP contribution in [0.1, 0.15) is 102 Å². The fraction of sp³-hybridized carbons (Fsp3) is 0.291. The SMILES string of the molecule is CCCCCC(C(=O)NCNC(=O)c1ccc(-c2ccc(C(=O)NC(CC(=O)OCc3ccccc3)C(=O)OCc3ccccc3)c(OCC)c2)o1)C(CC)N(C=O)OC(=O)c1cccc(-n2cccc2)c1. The van der Waals surface area contributed by atoms with E-state index < -0.39 is 60.1 Å². The molecule has 2 heterocycles. The van der Waals surface area contributed by atoms with Crippen molar-refractivity contribution < 1.29 is 57.0 Å². The molecule has 3 N–H and O–H groups in total. The van der Waals surface area contributed by atoms with E-state index in [1.807, 2.05) is 54.2 Å². The van der Waals surface area contributed by atoms with E-state index in [1.165, 1.54) is 12.1 Å². The normalized spacial score (nSPS) is 12.0. The van der Waals surface area contributed by atoms with Gasteiger partial charge in [-0.1, -0.05) is 106 Å². The summed E-state index contributed by atoms with van der Waals surface area (Å²) in [6, 6.07) is 33.8. The molecule has 3 atom stereocenters. The van der Waals surface area contributed by atoms with Crippen LogP contribution < -0.4 is 20.7 Å². The van der Waals surface area contributed by atoms with Crippen molar-refractivity contribution in [3.63, 3.8) is 0 Å². The molecule has 0 radical (unpaired) electrons. The minimum absolute atomic E-state index is 0.0295. The molecule has 0 bridgehead atoms. The number of carbonyl (C=O) groups excluding carboxylic acids is 7. The molecule has 6 rings (SSSR count). The molecule has 0 saturated heterocycles. The summed E-state index contributed by atoms with van der Waals surface area (Å²) in [4.78, 5) is 98.7. The van der Waals surface area contributed by atoms with Gasteiger partial charge in [0.1, 0.15) is 30.8 Å². The highest BCUT2D eigenvalue weighted by atomic mass is 16.7. The van der Waals surface area contributed by atoms with Gasteiger partial charge in [0.25, 0.3) is 11.8 Å². The molecule has 0 aliphatic carbocycles. The van der Waals surface area contributed by atoms with Gasteiger partial charge in [-0.2, -0.15) is 5.06 Å². The molecule has 0 fully saturated rings. The summed E-state index contributed by atoms with van der Waals surface area (Å²) in [5, 5.41) is 8.89. The molecule has 0 aliphatic heterocycles. The van der Waals surface area contributed by atoms with Crippen LogP contribution in [0.15, 0.2) is 144 Å². The number of rotatable bonds is 27. The Balaban J connectivity index is 1.08. The minimum Gasteiger partial charge on any atom is -0.493 e. The molecule has 4 amide bonds. The second-order valence-corrected chi connectivity index (χ2v) is 16.6. The number of aromatic nitrogens is 1. The summed E-state index contributed by atoms with van der Waals surface area (Å²) in [5.41, 5.74) is 2.89. The lowest BCUT2D eigenvalue weighted by Crippen LogP contribution is -2.49. The van der Waals surface area contributed by atoms with Gasteiger partial charge in [0.2, 0.25) is 12.3 Å². The highest BCUT2D eigenvalue weighted by molar-refractivity contribution is 6.00. The van der Waals surface area contributed by atoms with Crippen molar-refractivity contribution in [2.24, 2.45) is 5.92 Å². The number of hydroxylamine groups is 2. The number of unbranched alkanes of at least 4 members (excludes halogenated alkanes) is 2. The average Bonchev–Trinajstić information content (AvgIpc) is 4.14. The number of furan rings is 1. The zero-order valence-electron chi connectivity index (χ0n) is 40.5. The smallest absolute Gasteiger partial charge is 0.363 e. The number of ether oxygens (including phenoxy) is 3. The second kappa shape index (κ2) is 27.1. The summed E-state index contributed by atoms with van der Waals surface area (Å²) in [6.45, 7) is 5.30. The molecule has 376 valence electrons. The van der Waals surface area contributed by atoms with Gasteiger partial charge in [-0.15, -0.1) is 0 Å². The number of amides is 4. The van der Waals surface area contributed by atoms with E-state index >= 15 is 0 Å². The van der Waals surface area contributed by atoms with E-state index in [1.54, 1.807) is 98.8 Å². The largest absolute Gasteiger partial charge is 0.493 e. The molecule has 2 aromatic heterocycles. The third-order valence-electron chi connectivity index (χ3n) is 11.5. The first-order valence-corrected chi connectivity index (χ1v) is 23.8. The predicted molar refractivity (Wildman–Crippen MR) is 265 cm³/mol. The molecule has 0 saturated carbocycles. The van der Waals surface area contributed by atoms with Gasteiger partial charge in [-0.25, -0.2) is 9.59 Å². The van der Waals surface area contributed by atoms with E-state index in [9.17, 15) is 33.6 Å². The Hall–Kier alpha value is -8.47. The Kier molecular flexibility index (Phi) is 19.9. The van der Waals surface area contributed by atoms with E-state index in [2.05, 4.69) is 16.0 Å². The molecule has 17 heteroatoms. The summed E-state index contributed by atoms with van der Waals surface area (Å²) in [6.07, 6.45) is 6.60. The maximum atomic E-state index is 13.8. The van der Waals surface area contributed by atoms with Gasteiger partial charge in [-0.05, 0) is 85.5 Å². The molecule has 0 spiro atoms. The number of hydrogen-bond donors (Lipinski definition) is 3. The standard InChI is InChI=1S/C55H59N5O12/c1-4-7-10-24-43(46(5-2)60(37-61)72-54(66)41-22-17-23-42(31-41)59-29-15-16-30-59)51(63)56-36-57-53(65)48-28-27-47(71-48)40-25-26-44(49(32-40)68-6-3)52(64)58-45(55(67)70-35-39-20-13-9-14-21-39)33-50(62)69-34-38-18-11-8-12-19-38/h8-9,11-23,25-32,37,43,45-46H,4-7,10,24,33-36H2,1-3H3,(H,56,63)(H,57,65)(H,58,64). The Morgan fingerprint density at radius 3 is 2.11 bits per heavy atom. The number of carbonyl (C=O) groups is 7. The molecular formula is C55H59N5O12. The molecular weight excluding hydrogens is 923 g/mol. The highest BCUT2D eigenvalue weighted by Crippen LogP contribution is 2.30. The lowest BCUT2D eigenvalue weighted by Gasteiger charge is -2.31. The van der Waals surface area contributed by atoms with E-state index in [4.69, 9.17) is 23.5 Å². The van der Waals surface area contributed by atoms with Gasteiger partial charge < -0.3 is 44.0 Å². The van der Waals surface area contributed by atoms with Crippen LogP contribution in [0, 0.1) is 5.92 Å². The predicted octanol–water partition coefficient (Wildman–Crippen LogP) is 8.12. The highest BCUT2D eigenvalue weighted by Gasteiger charge is 2.34. The summed E-state index contributed by atoms with van der Waals surface area (Å²) in [7, 11) is 0. The van der Waals surface area contributed by atoms with Crippen molar-refractivity contribution in [3.8, 4) is 22.8 Å². The quantitative estimate of drug-likeness (QED) is 0.0147. The zero-order chi connectivity index (χ0) is 51.2.